The second-order valence-electron chi connectivity index (χ2n) is 6.90. The molecule has 3 rings (SSSR count). The van der Waals surface area contributed by atoms with E-state index in [1.165, 1.54) is 13.2 Å². The molecule has 0 aliphatic carbocycles. The first-order chi connectivity index (χ1) is 19.7. The van der Waals surface area contributed by atoms with Gasteiger partial charge in [-0.15, -0.1) is 0 Å². The van der Waals surface area contributed by atoms with Gasteiger partial charge in [-0.05, 0) is 37.0 Å². The number of hydrogen-bond acceptors (Lipinski definition) is 6. The minimum absolute atomic E-state index is 0.00671. The van der Waals surface area contributed by atoms with Crippen LogP contribution in [0.15, 0.2) is 42.4 Å². The fourth-order valence-corrected chi connectivity index (χ4v) is 3.08. The Hall–Kier alpha value is -2.61. The topological polar surface area (TPSA) is 74.3 Å². The molecule has 7 nitrogen and oxygen atoms in total. The first kappa shape index (κ1) is 11.9. The lowest BCUT2D eigenvalue weighted by atomic mass is 10.1. The molecule has 168 valence electrons. The Morgan fingerprint density at radius 2 is 1.87 bits per heavy atom. The molecule has 0 saturated carbocycles. The first-order valence-electron chi connectivity index (χ1n) is 15.6. The van der Waals surface area contributed by atoms with Crippen LogP contribution in [-0.4, -0.2) is 79.8 Å². The molecule has 7 heteroatoms. The minimum atomic E-state index is -3.05. The van der Waals surface area contributed by atoms with E-state index in [2.05, 4.69) is 5.32 Å². The van der Waals surface area contributed by atoms with Crippen LogP contribution in [0.2, 0.25) is 0 Å². The van der Waals surface area contributed by atoms with Crippen molar-refractivity contribution < 1.29 is 35.8 Å². The van der Waals surface area contributed by atoms with Gasteiger partial charge >= 0.3 is 0 Å². The zero-order chi connectivity index (χ0) is 32.5. The lowest BCUT2D eigenvalue weighted by Crippen LogP contribution is -2.50. The average molecular weight is 440 g/mol. The van der Waals surface area contributed by atoms with Crippen LogP contribution in [0, 0.1) is 13.7 Å². The zero-order valence-electron chi connectivity index (χ0n) is 29.1. The smallest absolute Gasteiger partial charge is 0.238 e. The number of amides is 1. The number of benzene rings is 2. The largest absolute Gasteiger partial charge is 0.493 e. The second-order valence-corrected chi connectivity index (χ2v) is 6.90. The Balaban J connectivity index is 1.69. The number of carbonyl (C=O) groups is 1. The molecule has 1 amide bonds. The highest BCUT2D eigenvalue weighted by Gasteiger charge is 2.21. The molecule has 1 fully saturated rings. The molecule has 0 spiro atoms. The number of nitrogens with one attached hydrogen (secondary N) is 1. The van der Waals surface area contributed by atoms with Crippen molar-refractivity contribution >= 4 is 11.6 Å². The molecule has 31 heavy (non-hydrogen) atoms. The van der Waals surface area contributed by atoms with Crippen LogP contribution in [-0.2, 0) is 4.79 Å². The number of para-hydroxylation sites is 3. The number of β-amino-alcohol motifs (C(OH)–C–C–N with tert-alkyl or cyclic N) is 1. The minimum Gasteiger partial charge on any atom is -0.493 e. The van der Waals surface area contributed by atoms with E-state index in [1.807, 2.05) is 0 Å². The summed E-state index contributed by atoms with van der Waals surface area (Å²) in [6.45, 7) is -8.83. The quantitative estimate of drug-likeness (QED) is 0.625. The summed E-state index contributed by atoms with van der Waals surface area (Å²) in [5.74, 6) is -0.577. The van der Waals surface area contributed by atoms with Crippen LogP contribution in [0.1, 0.15) is 27.6 Å². The number of ether oxygens (including phenoxy) is 2. The summed E-state index contributed by atoms with van der Waals surface area (Å²) in [5, 5.41) is 13.0. The van der Waals surface area contributed by atoms with Gasteiger partial charge in [-0.3, -0.25) is 14.6 Å². The third kappa shape index (κ3) is 6.69. The van der Waals surface area contributed by atoms with E-state index in [1.54, 1.807) is 28.0 Å². The molecule has 1 heterocycles. The van der Waals surface area contributed by atoms with E-state index >= 15 is 0 Å². The third-order valence-electron chi connectivity index (χ3n) is 4.69. The number of hydrogen-bond donors (Lipinski definition) is 2. The van der Waals surface area contributed by atoms with Crippen molar-refractivity contribution in [1.82, 2.24) is 9.80 Å². The number of methoxy groups -OCH3 is 1. The number of anilines is 1. The van der Waals surface area contributed by atoms with Crippen molar-refractivity contribution in [2.24, 2.45) is 0 Å². The molecule has 0 bridgehead atoms. The fourth-order valence-electron chi connectivity index (χ4n) is 3.08. The Morgan fingerprint density at radius 1 is 1.23 bits per heavy atom. The highest BCUT2D eigenvalue weighted by atomic mass is 16.5. The average Bonchev–Trinajstić information content (AvgIpc) is 2.86. The highest BCUT2D eigenvalue weighted by Crippen LogP contribution is 2.25. The standard InChI is InChI=1S/C24H33N3O4/c1-18-7-6-8-19(2)24(18)25-23(29)16-27-13-11-26(12-14-27)15-20(28)17-31-22-10-5-4-9-21(22)30-3/h4-10,20,28H,11-17H2,1-3H3,(H,25,29)/i1D3,2D3,6D,7D,8D,17D2,20D. The van der Waals surface area contributed by atoms with Crippen molar-refractivity contribution in [1.29, 1.82) is 0 Å². The van der Waals surface area contributed by atoms with Crippen molar-refractivity contribution in [3.8, 4) is 11.5 Å². The molecule has 0 aromatic heterocycles. The van der Waals surface area contributed by atoms with Gasteiger partial charge in [0.1, 0.15) is 12.6 Å². The van der Waals surface area contributed by atoms with Gasteiger partial charge in [-0.1, -0.05) is 30.3 Å². The lowest BCUT2D eigenvalue weighted by Gasteiger charge is -2.35. The van der Waals surface area contributed by atoms with Crippen molar-refractivity contribution in [2.45, 2.75) is 19.8 Å². The van der Waals surface area contributed by atoms with E-state index in [0.29, 0.717) is 0 Å². The monoisotopic (exact) mass is 439 g/mol. The molecule has 1 unspecified atom stereocenters. The predicted octanol–water partition coefficient (Wildman–Crippen LogP) is 2.31. The molecule has 0 radical (unpaired) electrons. The number of rotatable bonds is 9. The summed E-state index contributed by atoms with van der Waals surface area (Å²) >= 11 is 0. The van der Waals surface area contributed by atoms with E-state index in [4.69, 9.17) is 25.9 Å². The summed E-state index contributed by atoms with van der Waals surface area (Å²) in [7, 11) is 1.37. The molecule has 1 atom stereocenters. The second kappa shape index (κ2) is 11.1. The summed E-state index contributed by atoms with van der Waals surface area (Å²) in [6, 6.07) is 3.59. The van der Waals surface area contributed by atoms with Crippen molar-refractivity contribution in [3.63, 3.8) is 0 Å². The van der Waals surface area contributed by atoms with Gasteiger partial charge in [0.25, 0.3) is 0 Å². The molecular weight excluding hydrogens is 394 g/mol. The number of nitrogens with zero attached hydrogens (tertiary/aromatic N) is 2. The van der Waals surface area contributed by atoms with Crippen molar-refractivity contribution in [2.75, 3.05) is 58.3 Å². The maximum absolute atomic E-state index is 13.0. The van der Waals surface area contributed by atoms with Crippen LogP contribution in [0.3, 0.4) is 0 Å². The van der Waals surface area contributed by atoms with Crippen LogP contribution in [0.4, 0.5) is 5.69 Å². The zero-order valence-corrected chi connectivity index (χ0v) is 17.1. The van der Waals surface area contributed by atoms with E-state index in [9.17, 15) is 9.90 Å². The van der Waals surface area contributed by atoms with Crippen LogP contribution < -0.4 is 14.8 Å². The molecule has 2 aromatic rings. The molecule has 1 saturated heterocycles. The normalized spacial score (nSPS) is 23.9. The highest BCUT2D eigenvalue weighted by molar-refractivity contribution is 5.93. The van der Waals surface area contributed by atoms with Gasteiger partial charge in [0, 0.05) is 46.6 Å². The van der Waals surface area contributed by atoms with Gasteiger partial charge in [0.2, 0.25) is 5.91 Å². The third-order valence-corrected chi connectivity index (χ3v) is 4.69. The Bertz CT molecular complexity index is 1280. The summed E-state index contributed by atoms with van der Waals surface area (Å²) in [5.41, 5.74) is -2.37. The maximum Gasteiger partial charge on any atom is 0.238 e. The van der Waals surface area contributed by atoms with Gasteiger partial charge in [0.15, 0.2) is 11.5 Å². The molecule has 1 aliphatic heterocycles. The van der Waals surface area contributed by atoms with Crippen LogP contribution in [0.25, 0.3) is 0 Å². The number of carbonyl (C=O) groups excluding carboxylic acids is 1. The summed E-state index contributed by atoms with van der Waals surface area (Å²) in [6.07, 6.45) is -2.70. The van der Waals surface area contributed by atoms with E-state index in [0.717, 1.165) is 0 Å². The van der Waals surface area contributed by atoms with E-state index < -0.39 is 73.7 Å². The molecular formula is C24H33N3O4. The van der Waals surface area contributed by atoms with Crippen molar-refractivity contribution in [3.05, 3.63) is 53.5 Å². The van der Waals surface area contributed by atoms with Crippen LogP contribution >= 0.6 is 0 Å². The Labute approximate surface area is 201 Å². The Morgan fingerprint density at radius 3 is 2.52 bits per heavy atom. The number of piperazine rings is 1. The van der Waals surface area contributed by atoms with Gasteiger partial charge in [-0.2, -0.15) is 0 Å². The predicted molar refractivity (Wildman–Crippen MR) is 122 cm³/mol. The lowest BCUT2D eigenvalue weighted by molar-refractivity contribution is -0.117. The van der Waals surface area contributed by atoms with Gasteiger partial charge < -0.3 is 19.9 Å². The maximum atomic E-state index is 13.0. The summed E-state index contributed by atoms with van der Waals surface area (Å²) < 4.78 is 106. The Kier molecular flexibility index (Phi) is 4.26. The van der Waals surface area contributed by atoms with E-state index in [-0.39, 0.29) is 44.2 Å². The van der Waals surface area contributed by atoms with Gasteiger partial charge in [-0.25, -0.2) is 0 Å². The molecule has 2 N–H and O–H groups in total. The molecule has 2 aromatic carbocycles. The first-order valence-corrected chi connectivity index (χ1v) is 9.63. The molecule has 1 aliphatic rings. The fraction of sp³-hybridized carbons (Fsp3) is 0.458. The van der Waals surface area contributed by atoms with Crippen LogP contribution in [0.5, 0.6) is 11.5 Å². The SMILES string of the molecule is [2H]c1c([2H])c(C([2H])([2H])[2H])c(NC(=O)CN2CCN(CC([2H])(O)C([2H])([2H])Oc3ccccc3OC)CC2)c(C([2H])([2H])[2H])c1[2H]. The van der Waals surface area contributed by atoms with Gasteiger partial charge in [0.05, 0.1) is 21.9 Å². The summed E-state index contributed by atoms with van der Waals surface area (Å²) in [4.78, 5) is 16.2. The number of aliphatic hydroxyl groups is 1.